The standard InChI is InChI=1S/C10H13N3O2/c1-13(10(14)15-2)8-5-3-7(4-6-8)9(11)12/h3-6H,1-2H3,(H3,11,12). The summed E-state index contributed by atoms with van der Waals surface area (Å²) in [5.74, 6) is 0.00210. The number of benzene rings is 1. The quantitative estimate of drug-likeness (QED) is 0.564. The number of nitrogen functional groups attached to an aromatic ring is 1. The molecule has 5 nitrogen and oxygen atoms in total. The summed E-state index contributed by atoms with van der Waals surface area (Å²) >= 11 is 0. The molecule has 0 spiro atoms. The number of hydrogen-bond acceptors (Lipinski definition) is 3. The van der Waals surface area contributed by atoms with Gasteiger partial charge in [0.1, 0.15) is 5.84 Å². The van der Waals surface area contributed by atoms with Gasteiger partial charge in [-0.15, -0.1) is 0 Å². The van der Waals surface area contributed by atoms with Crippen LogP contribution in [0, 0.1) is 5.41 Å². The summed E-state index contributed by atoms with van der Waals surface area (Å²) < 4.78 is 4.56. The van der Waals surface area contributed by atoms with Gasteiger partial charge in [0.15, 0.2) is 0 Å². The van der Waals surface area contributed by atoms with Crippen LogP contribution in [0.2, 0.25) is 0 Å². The van der Waals surface area contributed by atoms with Crippen molar-refractivity contribution in [3.63, 3.8) is 0 Å². The highest BCUT2D eigenvalue weighted by atomic mass is 16.5. The number of carbonyl (C=O) groups excluding carboxylic acids is 1. The van der Waals surface area contributed by atoms with Crippen LogP contribution in [0.4, 0.5) is 10.5 Å². The van der Waals surface area contributed by atoms with Crippen molar-refractivity contribution < 1.29 is 9.53 Å². The van der Waals surface area contributed by atoms with Gasteiger partial charge in [-0.05, 0) is 24.3 Å². The van der Waals surface area contributed by atoms with Gasteiger partial charge in [-0.2, -0.15) is 0 Å². The molecule has 0 aliphatic heterocycles. The van der Waals surface area contributed by atoms with Crippen LogP contribution in [-0.4, -0.2) is 26.1 Å². The van der Waals surface area contributed by atoms with Crippen molar-refractivity contribution in [2.75, 3.05) is 19.1 Å². The molecular weight excluding hydrogens is 194 g/mol. The zero-order valence-electron chi connectivity index (χ0n) is 8.65. The molecule has 0 aliphatic rings. The number of anilines is 1. The van der Waals surface area contributed by atoms with Gasteiger partial charge in [0.2, 0.25) is 0 Å². The fourth-order valence-electron chi connectivity index (χ4n) is 1.11. The summed E-state index contributed by atoms with van der Waals surface area (Å²) in [5.41, 5.74) is 6.61. The number of rotatable bonds is 2. The molecule has 0 fully saturated rings. The van der Waals surface area contributed by atoms with Crippen molar-refractivity contribution in [3.8, 4) is 0 Å². The van der Waals surface area contributed by atoms with E-state index in [9.17, 15) is 4.79 Å². The van der Waals surface area contributed by atoms with Crippen LogP contribution in [0.5, 0.6) is 0 Å². The molecule has 0 saturated heterocycles. The van der Waals surface area contributed by atoms with Crippen LogP contribution in [0.3, 0.4) is 0 Å². The van der Waals surface area contributed by atoms with Crippen LogP contribution >= 0.6 is 0 Å². The number of amidine groups is 1. The second kappa shape index (κ2) is 4.45. The molecule has 0 unspecified atom stereocenters. The fourth-order valence-corrected chi connectivity index (χ4v) is 1.11. The molecule has 0 radical (unpaired) electrons. The Morgan fingerprint density at radius 1 is 1.40 bits per heavy atom. The van der Waals surface area contributed by atoms with Crippen LogP contribution in [0.15, 0.2) is 24.3 Å². The number of ether oxygens (including phenoxy) is 1. The highest BCUT2D eigenvalue weighted by Gasteiger charge is 2.10. The third kappa shape index (κ3) is 2.46. The van der Waals surface area contributed by atoms with E-state index in [1.807, 2.05) is 0 Å². The van der Waals surface area contributed by atoms with E-state index in [4.69, 9.17) is 11.1 Å². The van der Waals surface area contributed by atoms with Crippen molar-refractivity contribution in [2.24, 2.45) is 5.73 Å². The number of nitrogens with two attached hydrogens (primary N) is 1. The monoisotopic (exact) mass is 207 g/mol. The molecule has 0 aromatic heterocycles. The molecule has 1 aromatic rings. The average Bonchev–Trinajstić information content (AvgIpc) is 2.27. The summed E-state index contributed by atoms with van der Waals surface area (Å²) in [6.07, 6.45) is -0.439. The maximum Gasteiger partial charge on any atom is 0.413 e. The highest BCUT2D eigenvalue weighted by Crippen LogP contribution is 2.14. The normalized spacial score (nSPS) is 9.47. The molecule has 80 valence electrons. The largest absolute Gasteiger partial charge is 0.452 e. The lowest BCUT2D eigenvalue weighted by Gasteiger charge is -2.15. The predicted octanol–water partition coefficient (Wildman–Crippen LogP) is 1.17. The first-order chi connectivity index (χ1) is 7.06. The van der Waals surface area contributed by atoms with Crippen molar-refractivity contribution in [1.29, 1.82) is 5.41 Å². The van der Waals surface area contributed by atoms with Crippen LogP contribution in [0.25, 0.3) is 0 Å². The molecule has 0 atom stereocenters. The predicted molar refractivity (Wildman–Crippen MR) is 58.3 cm³/mol. The molecular formula is C10H13N3O2. The molecule has 1 amide bonds. The van der Waals surface area contributed by atoms with E-state index in [0.29, 0.717) is 11.3 Å². The Balaban J connectivity index is 2.89. The van der Waals surface area contributed by atoms with E-state index in [0.717, 1.165) is 0 Å². The maximum atomic E-state index is 11.2. The third-order valence-corrected chi connectivity index (χ3v) is 2.01. The zero-order chi connectivity index (χ0) is 11.4. The van der Waals surface area contributed by atoms with Gasteiger partial charge in [0, 0.05) is 18.3 Å². The minimum atomic E-state index is -0.439. The molecule has 3 N–H and O–H groups in total. The molecule has 0 bridgehead atoms. The zero-order valence-corrected chi connectivity index (χ0v) is 8.65. The number of methoxy groups -OCH3 is 1. The second-order valence-electron chi connectivity index (χ2n) is 2.99. The first-order valence-electron chi connectivity index (χ1n) is 4.32. The Morgan fingerprint density at radius 2 is 1.93 bits per heavy atom. The summed E-state index contributed by atoms with van der Waals surface area (Å²) in [4.78, 5) is 12.5. The third-order valence-electron chi connectivity index (χ3n) is 2.01. The Morgan fingerprint density at radius 3 is 2.33 bits per heavy atom. The Labute approximate surface area is 88.0 Å². The summed E-state index contributed by atoms with van der Waals surface area (Å²) in [6, 6.07) is 6.76. The smallest absolute Gasteiger partial charge is 0.413 e. The molecule has 15 heavy (non-hydrogen) atoms. The number of carbonyl (C=O) groups is 1. The number of hydrogen-bond donors (Lipinski definition) is 2. The van der Waals surface area contributed by atoms with Crippen molar-refractivity contribution in [1.82, 2.24) is 0 Å². The van der Waals surface area contributed by atoms with Gasteiger partial charge in [-0.3, -0.25) is 10.3 Å². The minimum Gasteiger partial charge on any atom is -0.452 e. The lowest BCUT2D eigenvalue weighted by Crippen LogP contribution is -2.25. The minimum absolute atomic E-state index is 0.00210. The van der Waals surface area contributed by atoms with Crippen LogP contribution < -0.4 is 10.6 Å². The molecule has 0 saturated carbocycles. The van der Waals surface area contributed by atoms with Crippen molar-refractivity contribution in [3.05, 3.63) is 29.8 Å². The summed E-state index contributed by atoms with van der Waals surface area (Å²) in [7, 11) is 2.93. The Bertz CT molecular complexity index is 373. The molecule has 1 rings (SSSR count). The lowest BCUT2D eigenvalue weighted by molar-refractivity contribution is 0.180. The van der Waals surface area contributed by atoms with Gasteiger partial charge in [-0.25, -0.2) is 4.79 Å². The van der Waals surface area contributed by atoms with E-state index in [-0.39, 0.29) is 5.84 Å². The molecule has 0 aliphatic carbocycles. The van der Waals surface area contributed by atoms with Crippen molar-refractivity contribution in [2.45, 2.75) is 0 Å². The SMILES string of the molecule is COC(=O)N(C)c1ccc(C(=N)N)cc1. The van der Waals surface area contributed by atoms with E-state index in [2.05, 4.69) is 4.74 Å². The number of amides is 1. The number of nitrogens with one attached hydrogen (secondary N) is 1. The van der Waals surface area contributed by atoms with E-state index in [1.165, 1.54) is 12.0 Å². The van der Waals surface area contributed by atoms with Crippen molar-refractivity contribution >= 4 is 17.6 Å². The van der Waals surface area contributed by atoms with Gasteiger partial charge in [0.25, 0.3) is 0 Å². The summed E-state index contributed by atoms with van der Waals surface area (Å²) in [5, 5.41) is 7.21. The average molecular weight is 207 g/mol. The van der Waals surface area contributed by atoms with Crippen LogP contribution in [0.1, 0.15) is 5.56 Å². The fraction of sp³-hybridized carbons (Fsp3) is 0.200. The molecule has 5 heteroatoms. The maximum absolute atomic E-state index is 11.2. The molecule has 1 aromatic carbocycles. The summed E-state index contributed by atoms with van der Waals surface area (Å²) in [6.45, 7) is 0. The van der Waals surface area contributed by atoms with E-state index >= 15 is 0 Å². The van der Waals surface area contributed by atoms with Gasteiger partial charge in [0.05, 0.1) is 7.11 Å². The second-order valence-corrected chi connectivity index (χ2v) is 2.99. The molecule has 0 heterocycles. The first-order valence-corrected chi connectivity index (χ1v) is 4.32. The van der Waals surface area contributed by atoms with Gasteiger partial charge >= 0.3 is 6.09 Å². The Hall–Kier alpha value is -2.04. The highest BCUT2D eigenvalue weighted by molar-refractivity contribution is 5.95. The van der Waals surface area contributed by atoms with Gasteiger partial charge < -0.3 is 10.5 Å². The topological polar surface area (TPSA) is 79.4 Å². The van der Waals surface area contributed by atoms with Gasteiger partial charge in [-0.1, -0.05) is 0 Å². The number of nitrogens with zero attached hydrogens (tertiary/aromatic N) is 1. The first kappa shape index (κ1) is 11.0. The lowest BCUT2D eigenvalue weighted by atomic mass is 10.2. The van der Waals surface area contributed by atoms with Crippen LogP contribution in [-0.2, 0) is 4.74 Å². The van der Waals surface area contributed by atoms with E-state index in [1.54, 1.807) is 31.3 Å². The van der Waals surface area contributed by atoms with E-state index < -0.39 is 6.09 Å². The Kier molecular flexibility index (Phi) is 3.28.